The first-order valence-electron chi connectivity index (χ1n) is 4.13. The predicted molar refractivity (Wildman–Crippen MR) is 46.6 cm³/mol. The number of hydrogen-bond donors (Lipinski definition) is 1. The first-order chi connectivity index (χ1) is 5.64. The molecule has 1 aliphatic rings. The molecule has 0 aromatic heterocycles. The maximum Gasteiger partial charge on any atom is 0.174 e. The lowest BCUT2D eigenvalue weighted by molar-refractivity contribution is 0.191. The van der Waals surface area contributed by atoms with Crippen molar-refractivity contribution in [3.05, 3.63) is 0 Å². The average Bonchev–Trinajstić information content (AvgIpc) is 1.94. The molecule has 0 atom stereocenters. The number of sulfone groups is 1. The molecule has 1 rings (SSSR count). The second-order valence-corrected chi connectivity index (χ2v) is 5.10. The highest BCUT2D eigenvalue weighted by Crippen LogP contribution is 2.07. The van der Waals surface area contributed by atoms with Crippen molar-refractivity contribution in [3.8, 4) is 0 Å². The molecule has 0 unspecified atom stereocenters. The molecule has 1 aliphatic heterocycles. The maximum absolute atomic E-state index is 11.2. The zero-order chi connectivity index (χ0) is 9.03. The Morgan fingerprint density at radius 3 is 2.58 bits per heavy atom. The third kappa shape index (κ3) is 3.08. The van der Waals surface area contributed by atoms with Crippen LogP contribution in [0.4, 0.5) is 0 Å². The van der Waals surface area contributed by atoms with E-state index in [0.29, 0.717) is 12.5 Å². The molecule has 0 aromatic carbocycles. The third-order valence-electron chi connectivity index (χ3n) is 1.82. The van der Waals surface area contributed by atoms with Gasteiger partial charge >= 0.3 is 0 Å². The van der Waals surface area contributed by atoms with Gasteiger partial charge in [0.05, 0.1) is 5.75 Å². The molecule has 0 aliphatic carbocycles. The van der Waals surface area contributed by atoms with Gasteiger partial charge in [-0.25, -0.2) is 8.42 Å². The first kappa shape index (κ1) is 9.95. The Labute approximate surface area is 73.2 Å². The summed E-state index contributed by atoms with van der Waals surface area (Å²) in [5.74, 6) is 0.440. The fourth-order valence-corrected chi connectivity index (χ4v) is 2.55. The smallest absolute Gasteiger partial charge is 0.174 e. The monoisotopic (exact) mass is 193 g/mol. The molecular formula is C7H15NO3S. The third-order valence-corrected chi connectivity index (χ3v) is 3.33. The topological polar surface area (TPSA) is 55.4 Å². The van der Waals surface area contributed by atoms with Crippen LogP contribution in [0, 0.1) is 5.92 Å². The minimum absolute atomic E-state index is 0.125. The summed E-state index contributed by atoms with van der Waals surface area (Å²) < 4.78 is 27.3. The van der Waals surface area contributed by atoms with Gasteiger partial charge in [-0.05, 0) is 12.8 Å². The van der Waals surface area contributed by atoms with E-state index in [1.54, 1.807) is 6.92 Å². The van der Waals surface area contributed by atoms with E-state index in [2.05, 4.69) is 5.32 Å². The fraction of sp³-hybridized carbons (Fsp3) is 1.00. The van der Waals surface area contributed by atoms with Gasteiger partial charge in [0, 0.05) is 19.7 Å². The van der Waals surface area contributed by atoms with Crippen molar-refractivity contribution in [3.63, 3.8) is 0 Å². The molecule has 0 bridgehead atoms. The molecule has 5 heteroatoms. The Balaban J connectivity index is 2.27. The van der Waals surface area contributed by atoms with Gasteiger partial charge in [0.2, 0.25) is 0 Å². The Hall–Kier alpha value is -0.130. The van der Waals surface area contributed by atoms with Crippen molar-refractivity contribution in [1.82, 2.24) is 5.32 Å². The van der Waals surface area contributed by atoms with Gasteiger partial charge in [0.15, 0.2) is 9.84 Å². The number of rotatable bonds is 5. The van der Waals surface area contributed by atoms with Gasteiger partial charge in [-0.1, -0.05) is 0 Å². The maximum atomic E-state index is 11.2. The molecule has 0 saturated carbocycles. The Bertz CT molecular complexity index is 221. The highest BCUT2D eigenvalue weighted by atomic mass is 32.2. The van der Waals surface area contributed by atoms with Gasteiger partial charge in [0.25, 0.3) is 0 Å². The lowest BCUT2D eigenvalue weighted by Gasteiger charge is -2.26. The van der Waals surface area contributed by atoms with E-state index in [4.69, 9.17) is 4.74 Å². The first-order valence-corrected chi connectivity index (χ1v) is 5.95. The summed E-state index contributed by atoms with van der Waals surface area (Å²) in [5.41, 5.74) is 0. The van der Waals surface area contributed by atoms with E-state index in [-0.39, 0.29) is 11.7 Å². The SMILES string of the molecule is CCOCS(=O)(=O)CC1CNC1. The summed E-state index contributed by atoms with van der Waals surface area (Å²) in [6.45, 7) is 3.90. The van der Waals surface area contributed by atoms with Gasteiger partial charge < -0.3 is 10.1 Å². The molecule has 1 fully saturated rings. The van der Waals surface area contributed by atoms with Crippen molar-refractivity contribution in [1.29, 1.82) is 0 Å². The van der Waals surface area contributed by atoms with Crippen LogP contribution in [0.5, 0.6) is 0 Å². The predicted octanol–water partition coefficient (Wildman–Crippen LogP) is -0.385. The molecule has 12 heavy (non-hydrogen) atoms. The summed E-state index contributed by atoms with van der Waals surface area (Å²) >= 11 is 0. The Morgan fingerprint density at radius 2 is 2.17 bits per heavy atom. The summed E-state index contributed by atoms with van der Waals surface area (Å²) in [7, 11) is -2.97. The number of hydrogen-bond acceptors (Lipinski definition) is 4. The molecule has 4 nitrogen and oxygen atoms in total. The zero-order valence-corrected chi connectivity index (χ0v) is 8.06. The van der Waals surface area contributed by atoms with Crippen LogP contribution in [0.25, 0.3) is 0 Å². The van der Waals surface area contributed by atoms with Crippen LogP contribution in [0.3, 0.4) is 0 Å². The van der Waals surface area contributed by atoms with Crippen LogP contribution >= 0.6 is 0 Å². The summed E-state index contributed by atoms with van der Waals surface area (Å²) in [6.07, 6.45) is 0. The molecule has 0 aromatic rings. The molecule has 0 spiro atoms. The molecule has 1 saturated heterocycles. The quantitative estimate of drug-likeness (QED) is 0.646. The largest absolute Gasteiger partial charge is 0.366 e. The summed E-state index contributed by atoms with van der Waals surface area (Å²) in [5, 5.41) is 3.03. The lowest BCUT2D eigenvalue weighted by atomic mass is 10.1. The highest BCUT2D eigenvalue weighted by molar-refractivity contribution is 7.91. The van der Waals surface area contributed by atoms with Crippen LogP contribution in [0.15, 0.2) is 0 Å². The minimum Gasteiger partial charge on any atom is -0.366 e. The molecule has 0 radical (unpaired) electrons. The van der Waals surface area contributed by atoms with Crippen LogP contribution in [-0.4, -0.2) is 39.8 Å². The number of ether oxygens (including phenoxy) is 1. The standard InChI is InChI=1S/C7H15NO3S/c1-2-11-6-12(9,10)5-7-3-8-4-7/h7-8H,2-6H2,1H3. The number of nitrogens with one attached hydrogen (secondary N) is 1. The van der Waals surface area contributed by atoms with Crippen molar-refractivity contribution in [2.45, 2.75) is 6.92 Å². The molecular weight excluding hydrogens is 178 g/mol. The van der Waals surface area contributed by atoms with Crippen LogP contribution in [-0.2, 0) is 14.6 Å². The van der Waals surface area contributed by atoms with Gasteiger partial charge in [-0.2, -0.15) is 0 Å². The molecule has 1 heterocycles. The second kappa shape index (κ2) is 4.20. The van der Waals surface area contributed by atoms with E-state index in [0.717, 1.165) is 13.1 Å². The zero-order valence-electron chi connectivity index (χ0n) is 7.25. The van der Waals surface area contributed by atoms with E-state index >= 15 is 0 Å². The van der Waals surface area contributed by atoms with Crippen molar-refractivity contribution >= 4 is 9.84 Å². The van der Waals surface area contributed by atoms with Crippen molar-refractivity contribution < 1.29 is 13.2 Å². The Morgan fingerprint density at radius 1 is 1.50 bits per heavy atom. The van der Waals surface area contributed by atoms with Gasteiger partial charge in [-0.3, -0.25) is 0 Å². The van der Waals surface area contributed by atoms with Gasteiger partial charge in [-0.15, -0.1) is 0 Å². The van der Waals surface area contributed by atoms with Crippen LogP contribution < -0.4 is 5.32 Å². The lowest BCUT2D eigenvalue weighted by Crippen LogP contribution is -2.45. The normalized spacial score (nSPS) is 19.1. The van der Waals surface area contributed by atoms with Crippen LogP contribution in [0.2, 0.25) is 0 Å². The van der Waals surface area contributed by atoms with E-state index in [9.17, 15) is 8.42 Å². The summed E-state index contributed by atoms with van der Waals surface area (Å²) in [6, 6.07) is 0. The average molecular weight is 193 g/mol. The highest BCUT2D eigenvalue weighted by Gasteiger charge is 2.23. The van der Waals surface area contributed by atoms with E-state index < -0.39 is 9.84 Å². The van der Waals surface area contributed by atoms with Crippen molar-refractivity contribution in [2.75, 3.05) is 31.4 Å². The molecule has 1 N–H and O–H groups in total. The van der Waals surface area contributed by atoms with E-state index in [1.807, 2.05) is 0 Å². The fourth-order valence-electron chi connectivity index (χ4n) is 1.08. The summed E-state index contributed by atoms with van der Waals surface area (Å²) in [4.78, 5) is 0. The van der Waals surface area contributed by atoms with Crippen molar-refractivity contribution in [2.24, 2.45) is 5.92 Å². The van der Waals surface area contributed by atoms with Gasteiger partial charge in [0.1, 0.15) is 5.94 Å². The second-order valence-electron chi connectivity index (χ2n) is 3.05. The van der Waals surface area contributed by atoms with E-state index in [1.165, 1.54) is 0 Å². The minimum atomic E-state index is -2.97. The molecule has 72 valence electrons. The Kier molecular flexibility index (Phi) is 3.49. The van der Waals surface area contributed by atoms with Crippen LogP contribution in [0.1, 0.15) is 6.92 Å². The molecule has 0 amide bonds.